The minimum atomic E-state index is 0.620. The first kappa shape index (κ1) is 13.6. The van der Waals surface area contributed by atoms with Crippen LogP contribution in [0.15, 0.2) is 36.0 Å². The maximum atomic E-state index is 5.40. The maximum absolute atomic E-state index is 5.40. The molecule has 3 aromatic rings. The Labute approximate surface area is 126 Å². The monoisotopic (exact) mass is 301 g/mol. The van der Waals surface area contributed by atoms with Crippen molar-refractivity contribution in [3.8, 4) is 11.5 Å². The molecule has 2 heterocycles. The second-order valence-electron chi connectivity index (χ2n) is 4.39. The molecule has 0 bridgehead atoms. The summed E-state index contributed by atoms with van der Waals surface area (Å²) in [5.41, 5.74) is 1.04. The summed E-state index contributed by atoms with van der Waals surface area (Å²) in [6.45, 7) is 0.620. The lowest BCUT2D eigenvalue weighted by Crippen LogP contribution is -2.04. The predicted molar refractivity (Wildman–Crippen MR) is 84.3 cm³/mol. The molecule has 0 aliphatic heterocycles. The van der Waals surface area contributed by atoms with Crippen molar-refractivity contribution >= 4 is 27.4 Å². The molecule has 1 aromatic carbocycles. The van der Waals surface area contributed by atoms with E-state index in [1.54, 1.807) is 31.9 Å². The summed E-state index contributed by atoms with van der Waals surface area (Å²) >= 11 is 1.60. The Balaban J connectivity index is 1.83. The molecule has 2 aromatic heterocycles. The third-order valence-electron chi connectivity index (χ3n) is 3.20. The molecule has 21 heavy (non-hydrogen) atoms. The lowest BCUT2D eigenvalue weighted by Gasteiger charge is -2.12. The van der Waals surface area contributed by atoms with Gasteiger partial charge in [-0.3, -0.25) is 0 Å². The zero-order valence-corrected chi connectivity index (χ0v) is 12.6. The minimum absolute atomic E-state index is 0.620. The standard InChI is InChI=1S/C15H15N3O2S/c1-19-11-4-3-10(13(7-11)20-2)8-16-14-12-5-6-21-15(12)18-9-17-14/h3-7,9H,8H2,1-2H3,(H,16,17,18). The first-order chi connectivity index (χ1) is 10.3. The Kier molecular flexibility index (Phi) is 3.87. The van der Waals surface area contributed by atoms with Gasteiger partial charge in [-0.25, -0.2) is 9.97 Å². The van der Waals surface area contributed by atoms with Crippen LogP contribution in [0.2, 0.25) is 0 Å². The van der Waals surface area contributed by atoms with Crippen LogP contribution in [-0.2, 0) is 6.54 Å². The molecule has 0 atom stereocenters. The fraction of sp³-hybridized carbons (Fsp3) is 0.200. The van der Waals surface area contributed by atoms with E-state index in [-0.39, 0.29) is 0 Å². The predicted octanol–water partition coefficient (Wildman–Crippen LogP) is 3.32. The van der Waals surface area contributed by atoms with Crippen LogP contribution in [0.1, 0.15) is 5.56 Å². The minimum Gasteiger partial charge on any atom is -0.497 e. The molecule has 108 valence electrons. The Morgan fingerprint density at radius 2 is 2.05 bits per heavy atom. The summed E-state index contributed by atoms with van der Waals surface area (Å²) in [4.78, 5) is 9.52. The summed E-state index contributed by atoms with van der Waals surface area (Å²) < 4.78 is 10.6. The van der Waals surface area contributed by atoms with Crippen LogP contribution in [0.4, 0.5) is 5.82 Å². The van der Waals surface area contributed by atoms with Gasteiger partial charge < -0.3 is 14.8 Å². The number of methoxy groups -OCH3 is 2. The van der Waals surface area contributed by atoms with Crippen LogP contribution < -0.4 is 14.8 Å². The Hall–Kier alpha value is -2.34. The fourth-order valence-electron chi connectivity index (χ4n) is 2.11. The number of ether oxygens (including phenoxy) is 2. The molecule has 6 heteroatoms. The number of hydrogen-bond acceptors (Lipinski definition) is 6. The highest BCUT2D eigenvalue weighted by Crippen LogP contribution is 2.27. The second-order valence-corrected chi connectivity index (χ2v) is 5.29. The third-order valence-corrected chi connectivity index (χ3v) is 4.02. The molecule has 0 aliphatic carbocycles. The quantitative estimate of drug-likeness (QED) is 0.783. The van der Waals surface area contributed by atoms with Crippen molar-refractivity contribution in [2.24, 2.45) is 0 Å². The largest absolute Gasteiger partial charge is 0.497 e. The number of hydrogen-bond donors (Lipinski definition) is 1. The molecular formula is C15H15N3O2S. The zero-order chi connectivity index (χ0) is 14.7. The number of benzene rings is 1. The number of anilines is 1. The first-order valence-corrected chi connectivity index (χ1v) is 7.32. The average molecular weight is 301 g/mol. The molecule has 0 spiro atoms. The van der Waals surface area contributed by atoms with E-state index in [4.69, 9.17) is 9.47 Å². The van der Waals surface area contributed by atoms with Gasteiger partial charge in [-0.15, -0.1) is 11.3 Å². The van der Waals surface area contributed by atoms with Crippen LogP contribution >= 0.6 is 11.3 Å². The summed E-state index contributed by atoms with van der Waals surface area (Å²) in [6.07, 6.45) is 1.58. The maximum Gasteiger partial charge on any atom is 0.138 e. The van der Waals surface area contributed by atoms with E-state index in [1.165, 1.54) is 0 Å². The van der Waals surface area contributed by atoms with Crippen LogP contribution in [0.5, 0.6) is 11.5 Å². The molecule has 0 radical (unpaired) electrons. The van der Waals surface area contributed by atoms with Gasteiger partial charge in [-0.05, 0) is 23.6 Å². The first-order valence-electron chi connectivity index (χ1n) is 6.45. The van der Waals surface area contributed by atoms with Crippen molar-refractivity contribution in [2.45, 2.75) is 6.54 Å². The van der Waals surface area contributed by atoms with Gasteiger partial charge in [0.15, 0.2) is 0 Å². The highest BCUT2D eigenvalue weighted by atomic mass is 32.1. The van der Waals surface area contributed by atoms with E-state index in [1.807, 2.05) is 29.6 Å². The molecule has 0 saturated carbocycles. The van der Waals surface area contributed by atoms with Gasteiger partial charge in [0.1, 0.15) is 28.5 Å². The highest BCUT2D eigenvalue weighted by Gasteiger charge is 2.08. The molecule has 5 nitrogen and oxygen atoms in total. The summed E-state index contributed by atoms with van der Waals surface area (Å²) in [7, 11) is 3.29. The van der Waals surface area contributed by atoms with E-state index >= 15 is 0 Å². The van der Waals surface area contributed by atoms with Gasteiger partial charge in [-0.1, -0.05) is 0 Å². The Morgan fingerprint density at radius 3 is 2.86 bits per heavy atom. The van der Waals surface area contributed by atoms with Crippen molar-refractivity contribution in [1.82, 2.24) is 9.97 Å². The van der Waals surface area contributed by atoms with E-state index < -0.39 is 0 Å². The van der Waals surface area contributed by atoms with Crippen LogP contribution in [0.3, 0.4) is 0 Å². The van der Waals surface area contributed by atoms with Gasteiger partial charge in [-0.2, -0.15) is 0 Å². The van der Waals surface area contributed by atoms with Crippen LogP contribution in [0.25, 0.3) is 10.2 Å². The van der Waals surface area contributed by atoms with Crippen molar-refractivity contribution in [3.05, 3.63) is 41.5 Å². The molecule has 1 N–H and O–H groups in total. The smallest absolute Gasteiger partial charge is 0.138 e. The number of fused-ring (bicyclic) bond motifs is 1. The van der Waals surface area contributed by atoms with E-state index in [0.717, 1.165) is 33.1 Å². The number of nitrogens with one attached hydrogen (secondary N) is 1. The van der Waals surface area contributed by atoms with Crippen LogP contribution in [0, 0.1) is 0 Å². The van der Waals surface area contributed by atoms with Gasteiger partial charge in [0.2, 0.25) is 0 Å². The summed E-state index contributed by atoms with van der Waals surface area (Å²) in [5, 5.41) is 6.39. The fourth-order valence-corrected chi connectivity index (χ4v) is 2.84. The molecule has 0 fully saturated rings. The number of rotatable bonds is 5. The normalized spacial score (nSPS) is 10.6. The molecule has 0 amide bonds. The van der Waals surface area contributed by atoms with E-state index in [2.05, 4.69) is 15.3 Å². The van der Waals surface area contributed by atoms with Crippen molar-refractivity contribution in [3.63, 3.8) is 0 Å². The second kappa shape index (κ2) is 5.97. The lowest BCUT2D eigenvalue weighted by atomic mass is 10.2. The molecule has 3 rings (SSSR count). The van der Waals surface area contributed by atoms with Gasteiger partial charge in [0.05, 0.1) is 19.6 Å². The molecular weight excluding hydrogens is 286 g/mol. The number of nitrogens with zero attached hydrogens (tertiary/aromatic N) is 2. The Morgan fingerprint density at radius 1 is 1.14 bits per heavy atom. The van der Waals surface area contributed by atoms with Gasteiger partial charge >= 0.3 is 0 Å². The SMILES string of the molecule is COc1ccc(CNc2ncnc3sccc23)c(OC)c1. The van der Waals surface area contributed by atoms with Crippen LogP contribution in [-0.4, -0.2) is 24.2 Å². The summed E-state index contributed by atoms with van der Waals surface area (Å²) in [5.74, 6) is 2.40. The highest BCUT2D eigenvalue weighted by molar-refractivity contribution is 7.16. The number of aromatic nitrogens is 2. The van der Waals surface area contributed by atoms with Crippen molar-refractivity contribution in [2.75, 3.05) is 19.5 Å². The van der Waals surface area contributed by atoms with Crippen molar-refractivity contribution in [1.29, 1.82) is 0 Å². The third kappa shape index (κ3) is 2.75. The zero-order valence-electron chi connectivity index (χ0n) is 11.8. The molecule has 0 aliphatic rings. The van der Waals surface area contributed by atoms with E-state index in [0.29, 0.717) is 6.54 Å². The number of thiophene rings is 1. The Bertz CT molecular complexity index is 758. The van der Waals surface area contributed by atoms with E-state index in [9.17, 15) is 0 Å². The lowest BCUT2D eigenvalue weighted by molar-refractivity contribution is 0.391. The average Bonchev–Trinajstić information content (AvgIpc) is 3.01. The van der Waals surface area contributed by atoms with Gasteiger partial charge in [0, 0.05) is 18.2 Å². The summed E-state index contributed by atoms with van der Waals surface area (Å²) in [6, 6.07) is 7.79. The van der Waals surface area contributed by atoms with Gasteiger partial charge in [0.25, 0.3) is 0 Å². The topological polar surface area (TPSA) is 56.3 Å². The molecule has 0 unspecified atom stereocenters. The van der Waals surface area contributed by atoms with Crippen molar-refractivity contribution < 1.29 is 9.47 Å². The molecule has 0 saturated heterocycles.